The van der Waals surface area contributed by atoms with Crippen molar-refractivity contribution in [3.8, 4) is 16.9 Å². The van der Waals surface area contributed by atoms with E-state index in [0.717, 1.165) is 38.9 Å². The first-order chi connectivity index (χ1) is 19.8. The Balaban J connectivity index is 0.000000237. The van der Waals surface area contributed by atoms with Crippen LogP contribution in [0.5, 0.6) is 5.75 Å². The molecule has 2 heterocycles. The Bertz CT molecular complexity index is 1760. The van der Waals surface area contributed by atoms with Crippen molar-refractivity contribution < 1.29 is 27.4 Å². The van der Waals surface area contributed by atoms with E-state index in [2.05, 4.69) is 88.8 Å². The number of nitrogens with zero attached hydrogens (tertiary/aromatic N) is 2. The summed E-state index contributed by atoms with van der Waals surface area (Å²) in [6.07, 6.45) is 1.97. The number of rotatable bonds is 5. The van der Waals surface area contributed by atoms with Gasteiger partial charge in [0, 0.05) is 36.5 Å². The number of ether oxygens (including phenoxy) is 1. The second-order valence-corrected chi connectivity index (χ2v) is 11.2. The third-order valence-corrected chi connectivity index (χ3v) is 8.19. The lowest BCUT2D eigenvalue weighted by Gasteiger charge is -2.29. The lowest BCUT2D eigenvalue weighted by Crippen LogP contribution is -2.36. The summed E-state index contributed by atoms with van der Waals surface area (Å²) >= 11 is 0. The van der Waals surface area contributed by atoms with Gasteiger partial charge in [0.15, 0.2) is 6.54 Å². The highest BCUT2D eigenvalue weighted by Crippen LogP contribution is 2.35. The van der Waals surface area contributed by atoms with Crippen molar-refractivity contribution in [3.05, 3.63) is 109 Å². The highest BCUT2D eigenvalue weighted by molar-refractivity contribution is 7.85. The van der Waals surface area contributed by atoms with E-state index in [9.17, 15) is 13.0 Å². The number of hydrogen-bond donors (Lipinski definition) is 1. The van der Waals surface area contributed by atoms with Gasteiger partial charge in [-0.1, -0.05) is 49.0 Å². The zero-order chi connectivity index (χ0) is 29.0. The van der Waals surface area contributed by atoms with E-state index >= 15 is 0 Å². The average molecular weight is 569 g/mol. The third kappa shape index (κ3) is 6.10. The van der Waals surface area contributed by atoms with Crippen LogP contribution >= 0.6 is 0 Å². The van der Waals surface area contributed by atoms with E-state index in [1.54, 1.807) is 0 Å². The fraction of sp³-hybridized carbons (Fsp3) is 0.182. The largest absolute Gasteiger partial charge is 0.744 e. The highest BCUT2D eigenvalue weighted by atomic mass is 32.2. The van der Waals surface area contributed by atoms with Gasteiger partial charge in [-0.05, 0) is 60.5 Å². The number of hydrogen-bond acceptors (Lipinski definition) is 6. The lowest BCUT2D eigenvalue weighted by molar-refractivity contribution is -0.634. The van der Waals surface area contributed by atoms with Crippen LogP contribution in [0.1, 0.15) is 5.56 Å². The Kier molecular flexibility index (Phi) is 8.35. The first-order valence-electron chi connectivity index (χ1n) is 13.4. The van der Waals surface area contributed by atoms with Crippen LogP contribution in [0.15, 0.2) is 109 Å². The van der Waals surface area contributed by atoms with E-state index in [0.29, 0.717) is 5.56 Å². The van der Waals surface area contributed by atoms with Crippen LogP contribution in [-0.2, 0) is 21.4 Å². The quantitative estimate of drug-likeness (QED) is 0.129. The molecule has 0 unspecified atom stereocenters. The molecule has 8 heteroatoms. The zero-order valence-electron chi connectivity index (χ0n) is 22.9. The monoisotopic (exact) mass is 568 g/mol. The first-order valence-corrected chi connectivity index (χ1v) is 14.8. The maximum absolute atomic E-state index is 10.5. The van der Waals surface area contributed by atoms with Gasteiger partial charge in [0.25, 0.3) is 0 Å². The average Bonchev–Trinajstić information content (AvgIpc) is 2.99. The molecule has 1 aromatic heterocycles. The van der Waals surface area contributed by atoms with Gasteiger partial charge in [-0.2, -0.15) is 4.57 Å². The van der Waals surface area contributed by atoms with Gasteiger partial charge in [0.1, 0.15) is 15.9 Å². The number of pyridine rings is 1. The number of para-hydroxylation sites is 2. The standard InChI is InChI=1S/C26H25N2O.C7H8O4S/c1-2-15-28-24-9-5-3-7-22(24)26(23-8-4-6-10-25(23)28)20-11-13-21(14-12-20)27-16-18-29-19-17-27;1-5-2-3-6(8)4-7(5)12(9,10)11/h2-14H,1,15-19H2;2-4,8H,1H3,(H,9,10,11)/q+1;/p-1. The Hall–Kier alpha value is -4.24. The summed E-state index contributed by atoms with van der Waals surface area (Å²) < 4.78 is 39.5. The number of benzene rings is 4. The molecule has 1 saturated heterocycles. The third-order valence-electron chi connectivity index (χ3n) is 7.21. The molecule has 5 aromatic rings. The van der Waals surface area contributed by atoms with Crippen LogP contribution in [-0.4, -0.2) is 44.4 Å². The number of aromatic nitrogens is 1. The zero-order valence-corrected chi connectivity index (χ0v) is 23.7. The summed E-state index contributed by atoms with van der Waals surface area (Å²) in [7, 11) is -4.47. The maximum atomic E-state index is 10.5. The van der Waals surface area contributed by atoms with E-state index in [4.69, 9.17) is 9.84 Å². The number of aryl methyl sites for hydroxylation is 1. The molecule has 6 rings (SSSR count). The van der Waals surface area contributed by atoms with Gasteiger partial charge in [0.05, 0.1) is 28.9 Å². The molecule has 0 aliphatic carbocycles. The molecule has 7 nitrogen and oxygen atoms in total. The van der Waals surface area contributed by atoms with Crippen LogP contribution in [0.25, 0.3) is 32.9 Å². The summed E-state index contributed by atoms with van der Waals surface area (Å²) in [4.78, 5) is 2.02. The van der Waals surface area contributed by atoms with Crippen molar-refractivity contribution in [2.45, 2.75) is 18.4 Å². The van der Waals surface area contributed by atoms with Crippen LogP contribution < -0.4 is 9.47 Å². The number of fused-ring (bicyclic) bond motifs is 2. The number of aromatic hydroxyl groups is 1. The minimum Gasteiger partial charge on any atom is -0.744 e. The normalized spacial score (nSPS) is 13.6. The summed E-state index contributed by atoms with van der Waals surface area (Å²) in [5.41, 5.74) is 6.62. The van der Waals surface area contributed by atoms with Crippen molar-refractivity contribution in [1.29, 1.82) is 0 Å². The number of anilines is 1. The smallest absolute Gasteiger partial charge is 0.213 e. The Morgan fingerprint density at radius 1 is 0.927 bits per heavy atom. The minimum atomic E-state index is -4.47. The molecule has 0 atom stereocenters. The predicted octanol–water partition coefficient (Wildman–Crippen LogP) is 5.57. The highest BCUT2D eigenvalue weighted by Gasteiger charge is 2.20. The van der Waals surface area contributed by atoms with Crippen molar-refractivity contribution in [3.63, 3.8) is 0 Å². The Labute approximate surface area is 240 Å². The summed E-state index contributed by atoms with van der Waals surface area (Å²) in [6, 6.07) is 30.0. The minimum absolute atomic E-state index is 0.227. The van der Waals surface area contributed by atoms with Gasteiger partial charge in [0.2, 0.25) is 11.0 Å². The van der Waals surface area contributed by atoms with Crippen LogP contribution in [0.4, 0.5) is 5.69 Å². The second kappa shape index (κ2) is 12.1. The van der Waals surface area contributed by atoms with Crippen LogP contribution in [0.3, 0.4) is 0 Å². The van der Waals surface area contributed by atoms with E-state index in [1.165, 1.54) is 57.7 Å². The van der Waals surface area contributed by atoms with E-state index in [1.807, 2.05) is 6.08 Å². The molecule has 210 valence electrons. The Morgan fingerprint density at radius 3 is 2.05 bits per heavy atom. The predicted molar refractivity (Wildman–Crippen MR) is 161 cm³/mol. The van der Waals surface area contributed by atoms with Crippen molar-refractivity contribution in [2.24, 2.45) is 0 Å². The molecule has 0 radical (unpaired) electrons. The molecule has 1 aliphatic rings. The molecule has 0 saturated carbocycles. The molecular formula is C33H32N2O5S. The first kappa shape index (κ1) is 28.3. The molecule has 1 fully saturated rings. The van der Waals surface area contributed by atoms with Gasteiger partial charge in [-0.15, -0.1) is 0 Å². The molecular weight excluding hydrogens is 536 g/mol. The molecule has 0 bridgehead atoms. The van der Waals surface area contributed by atoms with E-state index < -0.39 is 10.1 Å². The molecule has 0 spiro atoms. The maximum Gasteiger partial charge on any atom is 0.213 e. The summed E-state index contributed by atoms with van der Waals surface area (Å²) in [5.74, 6) is -0.227. The van der Waals surface area contributed by atoms with Crippen molar-refractivity contribution in [2.75, 3.05) is 31.2 Å². The second-order valence-electron chi connectivity index (χ2n) is 9.86. The van der Waals surface area contributed by atoms with Gasteiger partial charge in [-0.3, -0.25) is 0 Å². The fourth-order valence-electron chi connectivity index (χ4n) is 5.27. The summed E-state index contributed by atoms with van der Waals surface area (Å²) in [6.45, 7) is 9.77. The molecule has 1 aliphatic heterocycles. The van der Waals surface area contributed by atoms with E-state index in [-0.39, 0.29) is 10.6 Å². The Morgan fingerprint density at radius 2 is 1.51 bits per heavy atom. The molecule has 41 heavy (non-hydrogen) atoms. The van der Waals surface area contributed by atoms with Crippen LogP contribution in [0.2, 0.25) is 0 Å². The topological polar surface area (TPSA) is 93.8 Å². The van der Waals surface area contributed by atoms with Gasteiger partial charge < -0.3 is 19.3 Å². The molecule has 1 N–H and O–H groups in total. The lowest BCUT2D eigenvalue weighted by atomic mass is 9.95. The van der Waals surface area contributed by atoms with Gasteiger partial charge in [-0.25, -0.2) is 8.42 Å². The van der Waals surface area contributed by atoms with Crippen LogP contribution in [0, 0.1) is 6.92 Å². The van der Waals surface area contributed by atoms with Gasteiger partial charge >= 0.3 is 0 Å². The number of allylic oxidation sites excluding steroid dienone is 1. The molecule has 4 aromatic carbocycles. The fourth-order valence-corrected chi connectivity index (χ4v) is 6.00. The summed E-state index contributed by atoms with van der Waals surface area (Å²) in [5, 5.41) is 11.4. The SMILES string of the molecule is C=CC[n+]1c2ccccc2c(-c2ccc(N3CCOCC3)cc2)c2ccccc21.Cc1ccc(O)cc1S(=O)(=O)[O-]. The molecule has 0 amide bonds. The number of phenolic OH excluding ortho intramolecular Hbond substituents is 1. The number of morpholine rings is 1. The number of phenols is 1. The van der Waals surface area contributed by atoms with Crippen molar-refractivity contribution in [1.82, 2.24) is 0 Å². The van der Waals surface area contributed by atoms with Crippen molar-refractivity contribution >= 4 is 37.6 Å².